The van der Waals surface area contributed by atoms with E-state index >= 15 is 0 Å². The third-order valence-electron chi connectivity index (χ3n) is 7.42. The first-order valence-electron chi connectivity index (χ1n) is 13.3. The van der Waals surface area contributed by atoms with Crippen LogP contribution < -0.4 is 10.6 Å². The van der Waals surface area contributed by atoms with E-state index in [9.17, 15) is 18.0 Å². The Morgan fingerprint density at radius 2 is 1.40 bits per heavy atom. The molecule has 3 aromatic rings. The lowest BCUT2D eigenvalue weighted by Gasteiger charge is -2.42. The number of carbonyl (C=O) groups is 2. The molecule has 0 bridgehead atoms. The predicted octanol–water partition coefficient (Wildman–Crippen LogP) is 5.19. The first-order chi connectivity index (χ1) is 20.0. The molecule has 3 aromatic carbocycles. The van der Waals surface area contributed by atoms with Gasteiger partial charge < -0.3 is 20.3 Å². The minimum absolute atomic E-state index is 0.104. The van der Waals surface area contributed by atoms with Crippen molar-refractivity contribution in [2.24, 2.45) is 5.73 Å². The smallest absolute Gasteiger partial charge is 0.368 e. The maximum absolute atomic E-state index is 13.1. The van der Waals surface area contributed by atoms with E-state index in [1.54, 1.807) is 0 Å². The number of ether oxygens (including phenoxy) is 1. The van der Waals surface area contributed by atoms with Crippen molar-refractivity contribution in [2.45, 2.75) is 6.04 Å². The molecule has 220 valence electrons. The van der Waals surface area contributed by atoms with Gasteiger partial charge in [-0.2, -0.15) is 0 Å². The number of carbonyl (C=O) groups excluding carboxylic acids is 2. The van der Waals surface area contributed by atoms with Crippen molar-refractivity contribution in [1.29, 1.82) is 0 Å². The Kier molecular flexibility index (Phi) is 8.79. The number of amides is 2. The van der Waals surface area contributed by atoms with Crippen LogP contribution in [0.15, 0.2) is 78.4 Å². The second kappa shape index (κ2) is 12.3. The van der Waals surface area contributed by atoms with Crippen LogP contribution in [0.5, 0.6) is 0 Å². The molecule has 42 heavy (non-hydrogen) atoms. The number of halogens is 2. The van der Waals surface area contributed by atoms with Gasteiger partial charge in [0.2, 0.25) is 0 Å². The Balaban J connectivity index is 1.39. The molecule has 0 aliphatic carbocycles. The van der Waals surface area contributed by atoms with E-state index in [-0.39, 0.29) is 6.04 Å². The summed E-state index contributed by atoms with van der Waals surface area (Å²) in [5.74, 6) is 0. The number of anilines is 1. The molecular weight excluding hydrogens is 599 g/mol. The van der Waals surface area contributed by atoms with E-state index in [0.717, 1.165) is 22.4 Å². The Morgan fingerprint density at radius 3 is 1.90 bits per heavy atom. The molecule has 0 unspecified atom stereocenters. The quantitative estimate of drug-likeness (QED) is 0.374. The van der Waals surface area contributed by atoms with Crippen LogP contribution in [0.1, 0.15) is 22.7 Å². The highest BCUT2D eigenvalue weighted by atomic mass is 35.5. The monoisotopic (exact) mass is 628 g/mol. The third kappa shape index (κ3) is 6.73. The minimum atomic E-state index is -3.56. The SMILES string of the molecule is CS(=O)(=O)C(=C1CN(C(c2ccc(Cl)cc2)c2ccc(Cl)cc2)C1)c1cccc(N2CCN(C(=O)OC(N)=O)CC2)c1. The Bertz CT molecular complexity index is 1570. The zero-order valence-corrected chi connectivity index (χ0v) is 25.2. The maximum Gasteiger partial charge on any atom is 0.418 e. The fraction of sp³-hybridized carbons (Fsp3) is 0.267. The summed E-state index contributed by atoms with van der Waals surface area (Å²) < 4.78 is 30.7. The van der Waals surface area contributed by atoms with Crippen LogP contribution in [0.4, 0.5) is 15.3 Å². The van der Waals surface area contributed by atoms with E-state index in [1.165, 1.54) is 11.2 Å². The predicted molar refractivity (Wildman–Crippen MR) is 164 cm³/mol. The fourth-order valence-electron chi connectivity index (χ4n) is 5.50. The Hall–Kier alpha value is -3.57. The lowest BCUT2D eigenvalue weighted by Crippen LogP contribution is -2.49. The van der Waals surface area contributed by atoms with Crippen molar-refractivity contribution >= 4 is 55.8 Å². The van der Waals surface area contributed by atoms with Gasteiger partial charge >= 0.3 is 12.2 Å². The number of hydrogen-bond donors (Lipinski definition) is 1. The number of hydrogen-bond acceptors (Lipinski definition) is 7. The largest absolute Gasteiger partial charge is 0.418 e. The van der Waals surface area contributed by atoms with E-state index in [0.29, 0.717) is 59.8 Å². The summed E-state index contributed by atoms with van der Waals surface area (Å²) in [6.07, 6.45) is -0.673. The fourth-order valence-corrected chi connectivity index (χ4v) is 6.96. The van der Waals surface area contributed by atoms with Crippen molar-refractivity contribution in [1.82, 2.24) is 9.80 Å². The molecule has 2 fully saturated rings. The zero-order chi connectivity index (χ0) is 30.0. The zero-order valence-electron chi connectivity index (χ0n) is 22.9. The summed E-state index contributed by atoms with van der Waals surface area (Å²) in [7, 11) is -3.56. The molecule has 0 spiro atoms. The van der Waals surface area contributed by atoms with E-state index in [2.05, 4.69) is 14.5 Å². The maximum atomic E-state index is 13.1. The van der Waals surface area contributed by atoms with Gasteiger partial charge in [-0.3, -0.25) is 4.90 Å². The Labute approximate surface area is 255 Å². The van der Waals surface area contributed by atoms with Gasteiger partial charge in [0, 0.05) is 61.3 Å². The summed E-state index contributed by atoms with van der Waals surface area (Å²) in [5.41, 5.74) is 9.33. The van der Waals surface area contributed by atoms with Crippen molar-refractivity contribution in [3.8, 4) is 0 Å². The molecule has 2 saturated heterocycles. The summed E-state index contributed by atoms with van der Waals surface area (Å²) >= 11 is 12.3. The van der Waals surface area contributed by atoms with Crippen LogP contribution in [-0.2, 0) is 14.6 Å². The van der Waals surface area contributed by atoms with Gasteiger partial charge in [0.1, 0.15) is 0 Å². The first-order valence-corrected chi connectivity index (χ1v) is 15.9. The van der Waals surface area contributed by atoms with E-state index < -0.39 is 22.0 Å². The highest BCUT2D eigenvalue weighted by molar-refractivity contribution is 8.00. The Morgan fingerprint density at radius 1 is 0.857 bits per heavy atom. The van der Waals surface area contributed by atoms with Gasteiger partial charge in [0.15, 0.2) is 9.84 Å². The van der Waals surface area contributed by atoms with Gasteiger partial charge in [-0.15, -0.1) is 0 Å². The molecule has 2 amide bonds. The van der Waals surface area contributed by atoms with Crippen LogP contribution in [-0.4, -0.2) is 75.9 Å². The normalized spacial score (nSPS) is 15.9. The van der Waals surface area contributed by atoms with Crippen LogP contribution in [0.25, 0.3) is 4.91 Å². The van der Waals surface area contributed by atoms with Crippen molar-refractivity contribution in [2.75, 3.05) is 50.4 Å². The van der Waals surface area contributed by atoms with E-state index in [1.807, 2.05) is 72.8 Å². The number of benzene rings is 3. The molecule has 5 rings (SSSR count). The van der Waals surface area contributed by atoms with E-state index in [4.69, 9.17) is 28.9 Å². The van der Waals surface area contributed by atoms with Crippen LogP contribution >= 0.6 is 23.2 Å². The molecule has 9 nitrogen and oxygen atoms in total. The molecule has 2 aliphatic rings. The number of rotatable bonds is 6. The minimum Gasteiger partial charge on any atom is -0.368 e. The average Bonchev–Trinajstić information content (AvgIpc) is 2.92. The van der Waals surface area contributed by atoms with Gasteiger partial charge in [0.25, 0.3) is 0 Å². The lowest BCUT2D eigenvalue weighted by molar-refractivity contribution is 0.120. The molecule has 2 heterocycles. The molecule has 2 aliphatic heterocycles. The molecule has 0 radical (unpaired) electrons. The van der Waals surface area contributed by atoms with Gasteiger partial charge in [0.05, 0.1) is 10.9 Å². The molecule has 0 saturated carbocycles. The van der Waals surface area contributed by atoms with Crippen molar-refractivity contribution < 1.29 is 22.7 Å². The van der Waals surface area contributed by atoms with Crippen LogP contribution in [0.3, 0.4) is 0 Å². The molecule has 2 N–H and O–H groups in total. The summed E-state index contributed by atoms with van der Waals surface area (Å²) in [4.78, 5) is 28.9. The number of nitrogens with two attached hydrogens (primary N) is 1. The number of likely N-dealkylation sites (tertiary alicyclic amines) is 1. The molecule has 0 atom stereocenters. The van der Waals surface area contributed by atoms with Gasteiger partial charge in [-0.1, -0.05) is 59.6 Å². The number of piperazine rings is 1. The molecular formula is C30H30Cl2N4O5S. The number of sulfone groups is 1. The van der Waals surface area contributed by atoms with Crippen LogP contribution in [0, 0.1) is 0 Å². The number of nitrogens with zero attached hydrogens (tertiary/aromatic N) is 3. The standard InChI is InChI=1S/C30H30Cl2N4O5S/c1-42(39,40)28(22-3-2-4-26(17-22)34-13-15-35(16-14-34)30(38)41-29(33)37)23-18-36(19-23)27(20-5-9-24(31)10-6-20)21-7-11-25(32)12-8-21/h2-12,17,27H,13-16,18-19H2,1H3,(H2,33,37). The second-order valence-electron chi connectivity index (χ2n) is 10.3. The highest BCUT2D eigenvalue weighted by Crippen LogP contribution is 2.39. The highest BCUT2D eigenvalue weighted by Gasteiger charge is 2.35. The van der Waals surface area contributed by atoms with Crippen molar-refractivity contribution in [3.05, 3.63) is 105 Å². The van der Waals surface area contributed by atoms with Crippen molar-refractivity contribution in [3.63, 3.8) is 0 Å². The van der Waals surface area contributed by atoms with Crippen LogP contribution in [0.2, 0.25) is 10.0 Å². The molecule has 12 heteroatoms. The topological polar surface area (TPSA) is 113 Å². The molecule has 0 aromatic heterocycles. The van der Waals surface area contributed by atoms with Gasteiger partial charge in [-0.05, 0) is 58.7 Å². The summed E-state index contributed by atoms with van der Waals surface area (Å²) in [5, 5.41) is 1.29. The second-order valence-corrected chi connectivity index (χ2v) is 13.2. The third-order valence-corrected chi connectivity index (χ3v) is 9.19. The first kappa shape index (κ1) is 29.9. The average molecular weight is 630 g/mol. The summed E-state index contributed by atoms with van der Waals surface area (Å²) in [6.45, 7) is 2.59. The lowest BCUT2D eigenvalue weighted by atomic mass is 9.92. The number of primary amides is 1. The van der Waals surface area contributed by atoms with Gasteiger partial charge in [-0.25, -0.2) is 18.0 Å². The summed E-state index contributed by atoms with van der Waals surface area (Å²) in [6, 6.07) is 22.7.